The van der Waals surface area contributed by atoms with Crippen LogP contribution in [0.4, 0.5) is 0 Å². The second kappa shape index (κ2) is 4.48. The molecule has 0 aromatic heterocycles. The maximum atomic E-state index is 3.98. The molecule has 0 atom stereocenters. The molecule has 1 aliphatic rings. The van der Waals surface area contributed by atoms with Crippen LogP contribution < -0.4 is 0 Å². The van der Waals surface area contributed by atoms with Crippen molar-refractivity contribution in [1.82, 2.24) is 0 Å². The molecule has 0 spiro atoms. The summed E-state index contributed by atoms with van der Waals surface area (Å²) in [5.74, 6) is 6.49. The van der Waals surface area contributed by atoms with Crippen LogP contribution >= 0.6 is 0 Å². The molecule has 0 radical (unpaired) electrons. The lowest BCUT2D eigenvalue weighted by atomic mass is 10.0. The van der Waals surface area contributed by atoms with Crippen molar-refractivity contribution < 1.29 is 0 Å². The van der Waals surface area contributed by atoms with Gasteiger partial charge in [0.1, 0.15) is 0 Å². The highest BCUT2D eigenvalue weighted by Gasteiger charge is 2.04. The number of rotatable bonds is 1. The molecular formula is C15H12. The van der Waals surface area contributed by atoms with E-state index in [-0.39, 0.29) is 0 Å². The molecule has 0 nitrogen and oxygen atoms in total. The van der Waals surface area contributed by atoms with Crippen LogP contribution in [0.2, 0.25) is 0 Å². The highest BCUT2D eigenvalue weighted by molar-refractivity contribution is 5.44. The molecule has 0 saturated carbocycles. The van der Waals surface area contributed by atoms with Crippen molar-refractivity contribution in [3.05, 3.63) is 72.4 Å². The van der Waals surface area contributed by atoms with Crippen LogP contribution in [-0.4, -0.2) is 0 Å². The molecular weight excluding hydrogens is 180 g/mol. The predicted octanol–water partition coefficient (Wildman–Crippen LogP) is 3.34. The number of allylic oxidation sites excluding steroid dienone is 5. The van der Waals surface area contributed by atoms with E-state index in [1.807, 2.05) is 42.5 Å². The molecule has 72 valence electrons. The normalized spacial score (nSPS) is 13.6. The molecule has 0 heterocycles. The van der Waals surface area contributed by atoms with Gasteiger partial charge in [0.25, 0.3) is 0 Å². The number of hydrogen-bond acceptors (Lipinski definition) is 0. The van der Waals surface area contributed by atoms with Gasteiger partial charge in [-0.25, -0.2) is 0 Å². The van der Waals surface area contributed by atoms with Crippen molar-refractivity contribution in [2.24, 2.45) is 5.92 Å². The molecule has 1 aromatic rings. The molecule has 0 unspecified atom stereocenters. The van der Waals surface area contributed by atoms with Gasteiger partial charge in [-0.15, -0.1) is 0 Å². The van der Waals surface area contributed by atoms with E-state index in [9.17, 15) is 0 Å². The van der Waals surface area contributed by atoms with Gasteiger partial charge in [0, 0.05) is 17.1 Å². The minimum atomic E-state index is 0.293. The van der Waals surface area contributed by atoms with Crippen LogP contribution in [0, 0.1) is 17.8 Å². The molecule has 0 saturated heterocycles. The highest BCUT2D eigenvalue weighted by Crippen LogP contribution is 2.16. The fraction of sp³-hybridized carbons (Fsp3) is 0.0667. The lowest BCUT2D eigenvalue weighted by Gasteiger charge is -2.00. The molecule has 0 aliphatic heterocycles. The third kappa shape index (κ3) is 2.48. The monoisotopic (exact) mass is 192 g/mol. The predicted molar refractivity (Wildman–Crippen MR) is 64.2 cm³/mol. The first-order valence-electron chi connectivity index (χ1n) is 4.97. The summed E-state index contributed by atoms with van der Waals surface area (Å²) >= 11 is 0. The van der Waals surface area contributed by atoms with Crippen LogP contribution in [0.5, 0.6) is 0 Å². The maximum Gasteiger partial charge on any atom is 0.0279 e. The Bertz CT molecular complexity index is 452. The van der Waals surface area contributed by atoms with Gasteiger partial charge in [-0.05, 0) is 12.1 Å². The molecule has 2 rings (SSSR count). The second-order valence-electron chi connectivity index (χ2n) is 3.44. The van der Waals surface area contributed by atoms with Gasteiger partial charge >= 0.3 is 0 Å². The zero-order valence-electron chi connectivity index (χ0n) is 8.48. The first-order chi connectivity index (χ1) is 7.36. The van der Waals surface area contributed by atoms with Gasteiger partial charge < -0.3 is 0 Å². The molecule has 1 aliphatic carbocycles. The third-order valence-corrected chi connectivity index (χ3v) is 2.29. The molecule has 0 fully saturated rings. The zero-order valence-corrected chi connectivity index (χ0v) is 8.48. The standard InChI is InChI=1S/C15H12/c1-13(15-9-5-6-10-15)11-12-14-7-3-2-4-8-14/h2-10,15H,1H2. The van der Waals surface area contributed by atoms with E-state index >= 15 is 0 Å². The molecule has 15 heavy (non-hydrogen) atoms. The SMILES string of the molecule is C=C(C#Cc1ccccc1)C1C=CC=C1. The van der Waals surface area contributed by atoms with Gasteiger partial charge in [-0.2, -0.15) is 0 Å². The first kappa shape index (κ1) is 9.55. The fourth-order valence-electron chi connectivity index (χ4n) is 1.42. The molecule has 1 aromatic carbocycles. The summed E-state index contributed by atoms with van der Waals surface area (Å²) in [6.07, 6.45) is 8.25. The first-order valence-corrected chi connectivity index (χ1v) is 4.97. The summed E-state index contributed by atoms with van der Waals surface area (Å²) in [5, 5.41) is 0. The second-order valence-corrected chi connectivity index (χ2v) is 3.44. The summed E-state index contributed by atoms with van der Waals surface area (Å²) < 4.78 is 0. The Balaban J connectivity index is 2.09. The Hall–Kier alpha value is -2.00. The van der Waals surface area contributed by atoms with Crippen molar-refractivity contribution in [3.63, 3.8) is 0 Å². The largest absolute Gasteiger partial charge is 0.0865 e. The fourth-order valence-corrected chi connectivity index (χ4v) is 1.42. The lowest BCUT2D eigenvalue weighted by molar-refractivity contribution is 1.05. The Morgan fingerprint density at radius 2 is 1.73 bits per heavy atom. The van der Waals surface area contributed by atoms with Crippen LogP contribution in [0.25, 0.3) is 0 Å². The van der Waals surface area contributed by atoms with Crippen molar-refractivity contribution in [2.45, 2.75) is 0 Å². The van der Waals surface area contributed by atoms with Crippen LogP contribution in [0.3, 0.4) is 0 Å². The van der Waals surface area contributed by atoms with Gasteiger partial charge in [-0.3, -0.25) is 0 Å². The highest BCUT2D eigenvalue weighted by atomic mass is 14.1. The minimum Gasteiger partial charge on any atom is -0.0865 e. The van der Waals surface area contributed by atoms with Crippen LogP contribution in [-0.2, 0) is 0 Å². The molecule has 0 N–H and O–H groups in total. The number of hydrogen-bond donors (Lipinski definition) is 0. The minimum absolute atomic E-state index is 0.293. The summed E-state index contributed by atoms with van der Waals surface area (Å²) in [6.45, 7) is 3.98. The Morgan fingerprint density at radius 1 is 1.07 bits per heavy atom. The topological polar surface area (TPSA) is 0 Å². The number of benzene rings is 1. The molecule has 0 amide bonds. The van der Waals surface area contributed by atoms with Gasteiger partial charge in [0.05, 0.1) is 0 Å². The average Bonchev–Trinajstić information content (AvgIpc) is 2.81. The van der Waals surface area contributed by atoms with E-state index in [2.05, 4.69) is 30.6 Å². The van der Waals surface area contributed by atoms with Crippen molar-refractivity contribution >= 4 is 0 Å². The quantitative estimate of drug-likeness (QED) is 0.599. The van der Waals surface area contributed by atoms with E-state index in [1.54, 1.807) is 0 Å². The van der Waals surface area contributed by atoms with E-state index < -0.39 is 0 Å². The molecule has 0 heteroatoms. The van der Waals surface area contributed by atoms with Crippen molar-refractivity contribution in [2.75, 3.05) is 0 Å². The van der Waals surface area contributed by atoms with E-state index in [4.69, 9.17) is 0 Å². The summed E-state index contributed by atoms with van der Waals surface area (Å²) in [4.78, 5) is 0. The van der Waals surface area contributed by atoms with Gasteiger partial charge in [0.2, 0.25) is 0 Å². The summed E-state index contributed by atoms with van der Waals surface area (Å²) in [6, 6.07) is 9.97. The Morgan fingerprint density at radius 3 is 2.40 bits per heavy atom. The van der Waals surface area contributed by atoms with Crippen LogP contribution in [0.1, 0.15) is 5.56 Å². The van der Waals surface area contributed by atoms with Crippen molar-refractivity contribution in [1.29, 1.82) is 0 Å². The Kier molecular flexibility index (Phi) is 2.85. The smallest absolute Gasteiger partial charge is 0.0279 e. The third-order valence-electron chi connectivity index (χ3n) is 2.29. The van der Waals surface area contributed by atoms with Crippen LogP contribution in [0.15, 0.2) is 66.8 Å². The van der Waals surface area contributed by atoms with E-state index in [1.165, 1.54) is 0 Å². The van der Waals surface area contributed by atoms with E-state index in [0.717, 1.165) is 11.1 Å². The van der Waals surface area contributed by atoms with Crippen molar-refractivity contribution in [3.8, 4) is 11.8 Å². The zero-order chi connectivity index (χ0) is 10.5. The summed E-state index contributed by atoms with van der Waals surface area (Å²) in [5.41, 5.74) is 1.98. The maximum absolute atomic E-state index is 3.98. The molecule has 0 bridgehead atoms. The van der Waals surface area contributed by atoms with Gasteiger partial charge in [-0.1, -0.05) is 60.9 Å². The van der Waals surface area contributed by atoms with E-state index in [0.29, 0.717) is 5.92 Å². The average molecular weight is 192 g/mol. The van der Waals surface area contributed by atoms with Gasteiger partial charge in [0.15, 0.2) is 0 Å². The lowest BCUT2D eigenvalue weighted by Crippen LogP contribution is -1.90. The Labute approximate surface area is 90.6 Å². The summed E-state index contributed by atoms with van der Waals surface area (Å²) in [7, 11) is 0.